The van der Waals surface area contributed by atoms with Crippen molar-refractivity contribution < 1.29 is 9.13 Å². The van der Waals surface area contributed by atoms with Crippen molar-refractivity contribution in [3.63, 3.8) is 0 Å². The van der Waals surface area contributed by atoms with Crippen LogP contribution in [-0.4, -0.2) is 18.8 Å². The summed E-state index contributed by atoms with van der Waals surface area (Å²) in [5.41, 5.74) is 0.734. The van der Waals surface area contributed by atoms with Crippen LogP contribution in [0, 0.1) is 17.1 Å². The molecule has 3 nitrogen and oxygen atoms in total. The van der Waals surface area contributed by atoms with Crippen molar-refractivity contribution >= 4 is 5.69 Å². The fourth-order valence-electron chi connectivity index (χ4n) is 1.98. The third kappa shape index (κ3) is 2.75. The van der Waals surface area contributed by atoms with Crippen LogP contribution in [-0.2, 0) is 4.74 Å². The Morgan fingerprint density at radius 1 is 1.41 bits per heavy atom. The van der Waals surface area contributed by atoms with Crippen molar-refractivity contribution in [1.82, 2.24) is 0 Å². The van der Waals surface area contributed by atoms with E-state index < -0.39 is 5.82 Å². The van der Waals surface area contributed by atoms with Crippen molar-refractivity contribution in [1.29, 1.82) is 5.26 Å². The van der Waals surface area contributed by atoms with E-state index in [0.29, 0.717) is 5.69 Å². The van der Waals surface area contributed by atoms with E-state index in [4.69, 9.17) is 10.00 Å². The molecule has 1 aromatic carbocycles. The van der Waals surface area contributed by atoms with Gasteiger partial charge in [0.15, 0.2) is 0 Å². The molecular weight excluding hydrogens is 219 g/mol. The number of nitrogens with zero attached hydrogens (tertiary/aromatic N) is 1. The molecule has 0 radical (unpaired) electrons. The van der Waals surface area contributed by atoms with Crippen LogP contribution in [0.25, 0.3) is 0 Å². The highest BCUT2D eigenvalue weighted by Gasteiger charge is 2.27. The van der Waals surface area contributed by atoms with Gasteiger partial charge < -0.3 is 10.1 Å². The van der Waals surface area contributed by atoms with Crippen molar-refractivity contribution in [2.75, 3.05) is 18.5 Å². The molecular formula is C13H15FN2O. The number of benzene rings is 1. The van der Waals surface area contributed by atoms with Crippen molar-refractivity contribution in [2.24, 2.45) is 0 Å². The highest BCUT2D eigenvalue weighted by Crippen LogP contribution is 2.26. The Balaban J connectivity index is 2.13. The highest BCUT2D eigenvalue weighted by molar-refractivity contribution is 5.49. The number of halogens is 1. The van der Waals surface area contributed by atoms with E-state index in [0.717, 1.165) is 26.1 Å². The predicted octanol–water partition coefficient (Wildman–Crippen LogP) is 2.68. The molecule has 1 saturated heterocycles. The largest absolute Gasteiger partial charge is 0.381 e. The van der Waals surface area contributed by atoms with E-state index in [1.54, 1.807) is 6.07 Å². The third-order valence-corrected chi connectivity index (χ3v) is 3.13. The summed E-state index contributed by atoms with van der Waals surface area (Å²) >= 11 is 0. The molecule has 1 aromatic rings. The lowest BCUT2D eigenvalue weighted by Gasteiger charge is -2.35. The zero-order valence-electron chi connectivity index (χ0n) is 9.79. The molecule has 1 heterocycles. The summed E-state index contributed by atoms with van der Waals surface area (Å²) in [6, 6.07) is 6.43. The average molecular weight is 234 g/mol. The molecule has 2 rings (SSSR count). The third-order valence-electron chi connectivity index (χ3n) is 3.13. The molecule has 0 amide bonds. The minimum atomic E-state index is -0.479. The molecule has 0 unspecified atom stereocenters. The molecule has 0 aromatic heterocycles. The van der Waals surface area contributed by atoms with E-state index >= 15 is 0 Å². The van der Waals surface area contributed by atoms with Crippen molar-refractivity contribution in [3.05, 3.63) is 29.6 Å². The Labute approximate surface area is 100 Å². The molecule has 1 aliphatic heterocycles. The first kappa shape index (κ1) is 11.9. The maximum Gasteiger partial charge on any atom is 0.143 e. The van der Waals surface area contributed by atoms with Crippen LogP contribution < -0.4 is 5.32 Å². The number of nitrogens with one attached hydrogen (secondary N) is 1. The minimum absolute atomic E-state index is 0.0567. The average Bonchev–Trinajstić information content (AvgIpc) is 2.29. The molecule has 0 aliphatic carbocycles. The molecule has 1 fully saturated rings. The lowest BCUT2D eigenvalue weighted by atomic mass is 9.92. The van der Waals surface area contributed by atoms with Gasteiger partial charge in [-0.15, -0.1) is 0 Å². The number of hydrogen-bond donors (Lipinski definition) is 1. The summed E-state index contributed by atoms with van der Waals surface area (Å²) in [5.74, 6) is -0.479. The quantitative estimate of drug-likeness (QED) is 0.855. The minimum Gasteiger partial charge on any atom is -0.381 e. The first-order chi connectivity index (χ1) is 8.13. The molecule has 4 heteroatoms. The van der Waals surface area contributed by atoms with Crippen LogP contribution in [0.15, 0.2) is 18.2 Å². The van der Waals surface area contributed by atoms with E-state index in [2.05, 4.69) is 12.2 Å². The summed E-state index contributed by atoms with van der Waals surface area (Å²) in [7, 11) is 0. The number of rotatable bonds is 2. The predicted molar refractivity (Wildman–Crippen MR) is 63.2 cm³/mol. The second kappa shape index (κ2) is 4.72. The van der Waals surface area contributed by atoms with Gasteiger partial charge in [0.25, 0.3) is 0 Å². The Hall–Kier alpha value is -1.60. The smallest absolute Gasteiger partial charge is 0.143 e. The summed E-state index contributed by atoms with van der Waals surface area (Å²) in [4.78, 5) is 0. The Morgan fingerprint density at radius 2 is 2.12 bits per heavy atom. The topological polar surface area (TPSA) is 45.0 Å². The van der Waals surface area contributed by atoms with Crippen molar-refractivity contribution in [3.8, 4) is 6.07 Å². The molecule has 90 valence electrons. The maximum atomic E-state index is 13.4. The van der Waals surface area contributed by atoms with Gasteiger partial charge in [-0.3, -0.25) is 0 Å². The second-order valence-corrected chi connectivity index (χ2v) is 4.60. The molecule has 1 N–H and O–H groups in total. The van der Waals surface area contributed by atoms with Crippen LogP contribution >= 0.6 is 0 Å². The van der Waals surface area contributed by atoms with Gasteiger partial charge in [-0.25, -0.2) is 4.39 Å². The lowest BCUT2D eigenvalue weighted by molar-refractivity contribution is 0.0658. The maximum absolute atomic E-state index is 13.4. The fourth-order valence-corrected chi connectivity index (χ4v) is 1.98. The number of anilines is 1. The number of nitriles is 1. The van der Waals surface area contributed by atoms with E-state index in [1.165, 1.54) is 12.1 Å². The first-order valence-corrected chi connectivity index (χ1v) is 5.69. The number of hydrogen-bond acceptors (Lipinski definition) is 3. The number of ether oxygens (including phenoxy) is 1. The van der Waals surface area contributed by atoms with Crippen molar-refractivity contribution in [2.45, 2.75) is 25.3 Å². The van der Waals surface area contributed by atoms with Crippen LogP contribution in [0.5, 0.6) is 0 Å². The second-order valence-electron chi connectivity index (χ2n) is 4.60. The Morgan fingerprint density at radius 3 is 2.71 bits per heavy atom. The molecule has 0 atom stereocenters. The van der Waals surface area contributed by atoms with Crippen LogP contribution in [0.3, 0.4) is 0 Å². The van der Waals surface area contributed by atoms with Gasteiger partial charge in [0.1, 0.15) is 11.9 Å². The highest BCUT2D eigenvalue weighted by atomic mass is 19.1. The van der Waals surface area contributed by atoms with Gasteiger partial charge in [0, 0.05) is 24.4 Å². The summed E-state index contributed by atoms with van der Waals surface area (Å²) < 4.78 is 18.7. The molecule has 1 aliphatic rings. The van der Waals surface area contributed by atoms with Crippen LogP contribution in [0.4, 0.5) is 10.1 Å². The van der Waals surface area contributed by atoms with Gasteiger partial charge in [0.05, 0.1) is 5.56 Å². The van der Waals surface area contributed by atoms with Gasteiger partial charge in [-0.05, 0) is 38.0 Å². The van der Waals surface area contributed by atoms with E-state index in [9.17, 15) is 4.39 Å². The first-order valence-electron chi connectivity index (χ1n) is 5.69. The Bertz CT molecular complexity index is 447. The Kier molecular flexibility index (Phi) is 3.30. The van der Waals surface area contributed by atoms with Crippen LogP contribution in [0.2, 0.25) is 0 Å². The van der Waals surface area contributed by atoms with Gasteiger partial charge in [-0.2, -0.15) is 5.26 Å². The lowest BCUT2D eigenvalue weighted by Crippen LogP contribution is -2.40. The van der Waals surface area contributed by atoms with Gasteiger partial charge in [0.2, 0.25) is 0 Å². The van der Waals surface area contributed by atoms with E-state index in [1.807, 2.05) is 6.07 Å². The molecule has 17 heavy (non-hydrogen) atoms. The van der Waals surface area contributed by atoms with Gasteiger partial charge >= 0.3 is 0 Å². The standard InChI is InChI=1S/C13H15FN2O/c1-13(4-6-17-7-5-13)16-11-3-2-10(9-15)12(14)8-11/h2-3,8,16H,4-7H2,1H3. The van der Waals surface area contributed by atoms with E-state index in [-0.39, 0.29) is 11.1 Å². The summed E-state index contributed by atoms with van der Waals surface area (Å²) in [6.45, 7) is 3.55. The monoisotopic (exact) mass is 234 g/mol. The summed E-state index contributed by atoms with van der Waals surface area (Å²) in [5, 5.41) is 12.0. The summed E-state index contributed by atoms with van der Waals surface area (Å²) in [6.07, 6.45) is 1.79. The van der Waals surface area contributed by atoms with Gasteiger partial charge in [-0.1, -0.05) is 0 Å². The zero-order valence-corrected chi connectivity index (χ0v) is 9.79. The SMILES string of the molecule is CC1(Nc2ccc(C#N)c(F)c2)CCOCC1. The van der Waals surface area contributed by atoms with Crippen LogP contribution in [0.1, 0.15) is 25.3 Å². The fraction of sp³-hybridized carbons (Fsp3) is 0.462. The molecule has 0 saturated carbocycles. The zero-order chi connectivity index (χ0) is 12.3. The molecule has 0 spiro atoms. The normalized spacial score (nSPS) is 18.4. The molecule has 0 bridgehead atoms.